The van der Waals surface area contributed by atoms with E-state index in [1.807, 2.05) is 0 Å². The van der Waals surface area contributed by atoms with Gasteiger partial charge in [-0.3, -0.25) is 14.4 Å². The van der Waals surface area contributed by atoms with E-state index < -0.39 is 0 Å². The van der Waals surface area contributed by atoms with Crippen molar-refractivity contribution in [3.8, 4) is 0 Å². The molecule has 1 aromatic rings. The molecule has 1 heterocycles. The number of hydrogen-bond acceptors (Lipinski definition) is 3. The Morgan fingerprint density at radius 2 is 0.939 bits per heavy atom. The Morgan fingerprint density at radius 1 is 0.636 bits per heavy atom. The summed E-state index contributed by atoms with van der Waals surface area (Å²) >= 11 is 0. The van der Waals surface area contributed by atoms with Crippen LogP contribution in [0.25, 0.3) is 0 Å². The van der Waals surface area contributed by atoms with Crippen molar-refractivity contribution in [1.29, 1.82) is 0 Å². The number of carbonyl (C=O) groups excluding carboxylic acids is 2. The Morgan fingerprint density at radius 3 is 1.24 bits per heavy atom. The average molecular weight is 450 g/mol. The third-order valence-corrected chi connectivity index (χ3v) is 10.4. The topological polar surface area (TPSA) is 91.1 Å². The number of amides is 2. The molecule has 8 aliphatic carbocycles. The quantitative estimate of drug-likeness (QED) is 0.623. The van der Waals surface area contributed by atoms with Gasteiger partial charge in [0.05, 0.1) is 10.8 Å². The van der Waals surface area contributed by atoms with Crippen LogP contribution in [0.4, 0.5) is 11.6 Å². The highest BCUT2D eigenvalue weighted by Crippen LogP contribution is 2.61. The molecule has 6 heteroatoms. The van der Waals surface area contributed by atoms with Gasteiger partial charge in [-0.2, -0.15) is 0 Å². The minimum absolute atomic E-state index is 0.0572. The van der Waals surface area contributed by atoms with Crippen LogP contribution in [0.1, 0.15) is 77.0 Å². The van der Waals surface area contributed by atoms with Crippen LogP contribution >= 0.6 is 0 Å². The molecule has 8 bridgehead atoms. The SMILES string of the molecule is O=C(Nc1cc(=O)cc(NC(=O)C23CC4CC(CC(C4)C2)C3)[nH]1)C12CC3CC(CC(C3)C1)C2. The van der Waals surface area contributed by atoms with Crippen LogP contribution in [0.3, 0.4) is 0 Å². The maximum Gasteiger partial charge on any atom is 0.231 e. The van der Waals surface area contributed by atoms with Crippen LogP contribution in [-0.2, 0) is 9.59 Å². The molecule has 0 radical (unpaired) electrons. The summed E-state index contributed by atoms with van der Waals surface area (Å²) in [7, 11) is 0. The monoisotopic (exact) mass is 449 g/mol. The molecule has 8 aliphatic rings. The highest BCUT2D eigenvalue weighted by Gasteiger charge is 2.55. The van der Waals surface area contributed by atoms with Crippen molar-refractivity contribution in [2.75, 3.05) is 10.6 Å². The van der Waals surface area contributed by atoms with E-state index in [1.165, 1.54) is 50.7 Å². The standard InChI is InChI=1S/C27H35N3O3/c31-21-7-22(29-24(32)26-9-15-1-16(10-26)3-17(2-15)11-26)28-23(8-21)30-25(33)27-12-18-4-19(13-27)6-20(5-18)14-27/h7-8,15-20H,1-6,9-14H2,(H3,28,29,30,31,32,33). The van der Waals surface area contributed by atoms with E-state index in [1.54, 1.807) is 0 Å². The number of anilines is 2. The van der Waals surface area contributed by atoms with Gasteiger partial charge in [0.25, 0.3) is 0 Å². The van der Waals surface area contributed by atoms with E-state index in [9.17, 15) is 14.4 Å². The molecule has 0 aliphatic heterocycles. The summed E-state index contributed by atoms with van der Waals surface area (Å²) in [6.07, 6.45) is 13.6. The molecule has 0 spiro atoms. The van der Waals surface area contributed by atoms with Gasteiger partial charge in [0.1, 0.15) is 11.6 Å². The highest BCUT2D eigenvalue weighted by molar-refractivity contribution is 5.97. The normalized spacial score (nSPS) is 44.1. The number of aromatic nitrogens is 1. The smallest absolute Gasteiger partial charge is 0.231 e. The number of rotatable bonds is 4. The Balaban J connectivity index is 1.09. The second-order valence-electron chi connectivity index (χ2n) is 12.9. The molecule has 0 aromatic carbocycles. The molecule has 33 heavy (non-hydrogen) atoms. The Labute approximate surface area is 194 Å². The van der Waals surface area contributed by atoms with Crippen LogP contribution in [0.15, 0.2) is 16.9 Å². The number of hydrogen-bond donors (Lipinski definition) is 3. The zero-order valence-electron chi connectivity index (χ0n) is 19.3. The molecule has 0 atom stereocenters. The highest BCUT2D eigenvalue weighted by atomic mass is 16.2. The van der Waals surface area contributed by atoms with Crippen LogP contribution in [0, 0.1) is 46.3 Å². The maximum absolute atomic E-state index is 13.4. The van der Waals surface area contributed by atoms with Crippen molar-refractivity contribution >= 4 is 23.5 Å². The van der Waals surface area contributed by atoms with Gasteiger partial charge in [0.15, 0.2) is 5.43 Å². The first kappa shape index (κ1) is 20.3. The van der Waals surface area contributed by atoms with E-state index in [2.05, 4.69) is 15.6 Å². The summed E-state index contributed by atoms with van der Waals surface area (Å²) < 4.78 is 0. The molecule has 2 amide bonds. The lowest BCUT2D eigenvalue weighted by atomic mass is 9.49. The van der Waals surface area contributed by atoms with Gasteiger partial charge in [0, 0.05) is 12.1 Å². The molecule has 3 N–H and O–H groups in total. The van der Waals surface area contributed by atoms with E-state index in [-0.39, 0.29) is 28.1 Å². The summed E-state index contributed by atoms with van der Waals surface area (Å²) in [5.74, 6) is 5.05. The molecule has 0 saturated heterocycles. The predicted molar refractivity (Wildman–Crippen MR) is 126 cm³/mol. The second kappa shape index (κ2) is 6.96. The third-order valence-electron chi connectivity index (χ3n) is 10.4. The van der Waals surface area contributed by atoms with Gasteiger partial charge in [-0.05, 0) is 113 Å². The van der Waals surface area contributed by atoms with Gasteiger partial charge in [-0.25, -0.2) is 0 Å². The second-order valence-corrected chi connectivity index (χ2v) is 12.9. The Kier molecular flexibility index (Phi) is 4.27. The first-order chi connectivity index (χ1) is 15.9. The fourth-order valence-corrected chi connectivity index (χ4v) is 9.97. The molecule has 8 saturated carbocycles. The van der Waals surface area contributed by atoms with Gasteiger partial charge in [-0.1, -0.05) is 0 Å². The fraction of sp³-hybridized carbons (Fsp3) is 0.741. The predicted octanol–water partition coefficient (Wildman–Crippen LogP) is 4.68. The number of nitrogens with one attached hydrogen (secondary N) is 3. The summed E-state index contributed by atoms with van der Waals surface area (Å²) in [4.78, 5) is 42.4. The molecule has 1 aromatic heterocycles. The van der Waals surface area contributed by atoms with Gasteiger partial charge in [0.2, 0.25) is 11.8 Å². The summed E-state index contributed by atoms with van der Waals surface area (Å²) in [5.41, 5.74) is -0.746. The molecule has 8 fully saturated rings. The van der Waals surface area contributed by atoms with Gasteiger partial charge in [-0.15, -0.1) is 0 Å². The lowest BCUT2D eigenvalue weighted by molar-refractivity contribution is -0.140. The van der Waals surface area contributed by atoms with Crippen LogP contribution in [-0.4, -0.2) is 16.8 Å². The van der Waals surface area contributed by atoms with Crippen molar-refractivity contribution in [1.82, 2.24) is 4.98 Å². The van der Waals surface area contributed by atoms with Crippen molar-refractivity contribution in [3.63, 3.8) is 0 Å². The third kappa shape index (κ3) is 3.30. The van der Waals surface area contributed by atoms with Crippen molar-refractivity contribution in [2.24, 2.45) is 46.3 Å². The summed E-state index contributed by atoms with van der Waals surface area (Å²) in [6, 6.07) is 2.89. The maximum atomic E-state index is 13.4. The number of aromatic amines is 1. The zero-order valence-corrected chi connectivity index (χ0v) is 19.3. The zero-order chi connectivity index (χ0) is 22.4. The van der Waals surface area contributed by atoms with E-state index >= 15 is 0 Å². The molecule has 6 nitrogen and oxygen atoms in total. The number of pyridine rings is 1. The van der Waals surface area contributed by atoms with E-state index in [4.69, 9.17) is 0 Å². The molecule has 9 rings (SSSR count). The van der Waals surface area contributed by atoms with Crippen molar-refractivity contribution < 1.29 is 9.59 Å². The summed E-state index contributed by atoms with van der Waals surface area (Å²) in [6.45, 7) is 0. The molecular formula is C27H35N3O3. The van der Waals surface area contributed by atoms with E-state index in [0.717, 1.165) is 38.5 Å². The number of carbonyl (C=O) groups is 2. The first-order valence-electron chi connectivity index (χ1n) is 13.2. The minimum Gasteiger partial charge on any atom is -0.328 e. The minimum atomic E-state index is -0.274. The molecular weight excluding hydrogens is 414 g/mol. The van der Waals surface area contributed by atoms with Crippen LogP contribution in [0.5, 0.6) is 0 Å². The average Bonchev–Trinajstić information content (AvgIpc) is 2.71. The van der Waals surface area contributed by atoms with Gasteiger partial charge >= 0.3 is 0 Å². The molecule has 176 valence electrons. The Bertz CT molecular complexity index is 923. The fourth-order valence-electron chi connectivity index (χ4n) is 9.97. The lowest BCUT2D eigenvalue weighted by Gasteiger charge is -2.55. The van der Waals surface area contributed by atoms with Gasteiger partial charge < -0.3 is 15.6 Å². The number of H-pyrrole nitrogens is 1. The van der Waals surface area contributed by atoms with Crippen LogP contribution in [0.2, 0.25) is 0 Å². The van der Waals surface area contributed by atoms with Crippen molar-refractivity contribution in [3.05, 3.63) is 22.4 Å². The van der Waals surface area contributed by atoms with Crippen LogP contribution < -0.4 is 16.1 Å². The Hall–Kier alpha value is -2.11. The van der Waals surface area contributed by atoms with E-state index in [0.29, 0.717) is 47.1 Å². The summed E-state index contributed by atoms with van der Waals surface area (Å²) in [5, 5.41) is 6.09. The molecule has 0 unspecified atom stereocenters. The first-order valence-corrected chi connectivity index (χ1v) is 13.2. The largest absolute Gasteiger partial charge is 0.328 e. The van der Waals surface area contributed by atoms with Crippen molar-refractivity contribution in [2.45, 2.75) is 77.0 Å². The lowest BCUT2D eigenvalue weighted by Crippen LogP contribution is -2.52.